The van der Waals surface area contributed by atoms with Crippen molar-refractivity contribution in [3.05, 3.63) is 54.2 Å². The molecule has 1 aromatic carbocycles. The fraction of sp³-hybridized carbons (Fsp3) is 0.312. The lowest BCUT2D eigenvalue weighted by molar-refractivity contribution is -0.122. The van der Waals surface area contributed by atoms with Crippen molar-refractivity contribution in [2.24, 2.45) is 5.92 Å². The number of furan rings is 1. The zero-order valence-corrected chi connectivity index (χ0v) is 13.1. The summed E-state index contributed by atoms with van der Waals surface area (Å²) in [5.41, 5.74) is 0. The molecule has 7 heteroatoms. The number of nitrogens with one attached hydrogen (secondary N) is 1. The van der Waals surface area contributed by atoms with Gasteiger partial charge in [-0.1, -0.05) is 0 Å². The van der Waals surface area contributed by atoms with Crippen LogP contribution in [0.15, 0.2) is 52.0 Å². The monoisotopic (exact) mass is 337 g/mol. The summed E-state index contributed by atoms with van der Waals surface area (Å²) in [4.78, 5) is 11.8. The van der Waals surface area contributed by atoms with E-state index in [1.165, 1.54) is 18.4 Å². The maximum atomic E-state index is 13.0. The first kappa shape index (κ1) is 15.7. The van der Waals surface area contributed by atoms with Crippen LogP contribution in [0.4, 0.5) is 4.39 Å². The van der Waals surface area contributed by atoms with Crippen molar-refractivity contribution in [2.75, 3.05) is 6.54 Å². The van der Waals surface area contributed by atoms with E-state index in [1.54, 1.807) is 12.1 Å². The minimum Gasteiger partial charge on any atom is -0.468 e. The number of amides is 1. The Hall–Kier alpha value is -2.15. The summed E-state index contributed by atoms with van der Waals surface area (Å²) >= 11 is 0. The quantitative estimate of drug-likeness (QED) is 0.822. The maximum Gasteiger partial charge on any atom is 0.223 e. The largest absolute Gasteiger partial charge is 0.468 e. The molecule has 1 aliphatic rings. The van der Waals surface area contributed by atoms with Crippen LogP contribution in [-0.4, -0.2) is 20.9 Å². The third-order valence-corrected chi connectivity index (χ3v) is 5.86. The van der Waals surface area contributed by atoms with Crippen molar-refractivity contribution < 1.29 is 22.0 Å². The average molecular weight is 337 g/mol. The molecule has 1 fully saturated rings. The summed E-state index contributed by atoms with van der Waals surface area (Å²) < 4.78 is 43.9. The molecule has 122 valence electrons. The Bertz CT molecular complexity index is 780. The molecule has 0 bridgehead atoms. The minimum absolute atomic E-state index is 0.0130. The molecule has 1 unspecified atom stereocenters. The van der Waals surface area contributed by atoms with Gasteiger partial charge in [-0.15, -0.1) is 0 Å². The summed E-state index contributed by atoms with van der Waals surface area (Å²) in [6.07, 6.45) is 3.05. The summed E-state index contributed by atoms with van der Waals surface area (Å²) in [6.45, 7) is -0.0808. The first-order valence-corrected chi connectivity index (χ1v) is 8.83. The summed E-state index contributed by atoms with van der Waals surface area (Å²) in [6, 6.07) is 7.75. The van der Waals surface area contributed by atoms with Gasteiger partial charge in [0.2, 0.25) is 5.91 Å². The van der Waals surface area contributed by atoms with Gasteiger partial charge >= 0.3 is 0 Å². The highest BCUT2D eigenvalue weighted by Crippen LogP contribution is 2.31. The molecule has 1 saturated carbocycles. The van der Waals surface area contributed by atoms with Gasteiger partial charge in [-0.3, -0.25) is 4.79 Å². The fourth-order valence-electron chi connectivity index (χ4n) is 2.31. The van der Waals surface area contributed by atoms with E-state index in [0.29, 0.717) is 0 Å². The Morgan fingerprint density at radius 2 is 1.96 bits per heavy atom. The Balaban J connectivity index is 1.87. The summed E-state index contributed by atoms with van der Waals surface area (Å²) in [7, 11) is -3.82. The third-order valence-electron chi connectivity index (χ3n) is 3.79. The van der Waals surface area contributed by atoms with Crippen LogP contribution in [-0.2, 0) is 14.6 Å². The summed E-state index contributed by atoms with van der Waals surface area (Å²) in [5, 5.41) is 1.62. The lowest BCUT2D eigenvalue weighted by Crippen LogP contribution is -2.32. The molecule has 1 atom stereocenters. The molecule has 1 N–H and O–H groups in total. The fourth-order valence-corrected chi connectivity index (χ4v) is 3.90. The number of hydrogen-bond donors (Lipinski definition) is 1. The van der Waals surface area contributed by atoms with Gasteiger partial charge in [-0.25, -0.2) is 12.8 Å². The zero-order valence-electron chi connectivity index (χ0n) is 12.2. The van der Waals surface area contributed by atoms with Gasteiger partial charge in [-0.05, 0) is 49.2 Å². The molecular weight excluding hydrogens is 321 g/mol. The number of carbonyl (C=O) groups excluding carboxylic acids is 1. The van der Waals surface area contributed by atoms with Crippen molar-refractivity contribution in [2.45, 2.75) is 23.0 Å². The molecule has 23 heavy (non-hydrogen) atoms. The van der Waals surface area contributed by atoms with Crippen molar-refractivity contribution in [1.29, 1.82) is 0 Å². The second-order valence-corrected chi connectivity index (χ2v) is 7.65. The molecule has 3 rings (SSSR count). The first-order chi connectivity index (χ1) is 11.0. The lowest BCUT2D eigenvalue weighted by atomic mass is 10.3. The van der Waals surface area contributed by atoms with Gasteiger partial charge in [0, 0.05) is 12.5 Å². The van der Waals surface area contributed by atoms with Crippen LogP contribution in [0.5, 0.6) is 0 Å². The molecule has 1 aliphatic carbocycles. The van der Waals surface area contributed by atoms with Gasteiger partial charge in [0.25, 0.3) is 0 Å². The SMILES string of the molecule is O=C(NCC(c1ccco1)S(=O)(=O)c1ccc(F)cc1)C1CC1. The average Bonchev–Trinajstić information content (AvgIpc) is 3.24. The van der Waals surface area contributed by atoms with Crippen LogP contribution in [0.2, 0.25) is 0 Å². The van der Waals surface area contributed by atoms with E-state index < -0.39 is 20.9 Å². The standard InChI is InChI=1S/C16H16FNO4S/c17-12-5-7-13(8-6-12)23(20,21)15(14-2-1-9-22-14)10-18-16(19)11-3-4-11/h1-2,5-9,11,15H,3-4,10H2,(H,18,19). The lowest BCUT2D eigenvalue weighted by Gasteiger charge is -2.16. The van der Waals surface area contributed by atoms with Crippen molar-refractivity contribution in [3.63, 3.8) is 0 Å². The van der Waals surface area contributed by atoms with E-state index >= 15 is 0 Å². The normalized spacial score (nSPS) is 16.0. The van der Waals surface area contributed by atoms with Crippen LogP contribution in [0.1, 0.15) is 23.9 Å². The van der Waals surface area contributed by atoms with E-state index in [2.05, 4.69) is 5.32 Å². The zero-order chi connectivity index (χ0) is 16.4. The molecule has 1 heterocycles. The maximum absolute atomic E-state index is 13.0. The van der Waals surface area contributed by atoms with E-state index in [0.717, 1.165) is 25.0 Å². The Morgan fingerprint density at radius 1 is 1.26 bits per heavy atom. The van der Waals surface area contributed by atoms with E-state index in [-0.39, 0.29) is 29.0 Å². The summed E-state index contributed by atoms with van der Waals surface area (Å²) in [5.74, 6) is -0.428. The molecular formula is C16H16FNO4S. The molecule has 0 radical (unpaired) electrons. The molecule has 0 saturated heterocycles. The number of carbonyl (C=O) groups is 1. The topological polar surface area (TPSA) is 76.4 Å². The number of benzene rings is 1. The van der Waals surface area contributed by atoms with Gasteiger partial charge in [0.05, 0.1) is 11.2 Å². The second-order valence-electron chi connectivity index (χ2n) is 5.52. The third kappa shape index (κ3) is 3.44. The molecule has 0 aliphatic heterocycles. The van der Waals surface area contributed by atoms with Crippen LogP contribution >= 0.6 is 0 Å². The van der Waals surface area contributed by atoms with Crippen LogP contribution in [0, 0.1) is 11.7 Å². The highest BCUT2D eigenvalue weighted by molar-refractivity contribution is 7.91. The number of halogens is 1. The van der Waals surface area contributed by atoms with Crippen LogP contribution in [0.25, 0.3) is 0 Å². The van der Waals surface area contributed by atoms with Crippen molar-refractivity contribution in [1.82, 2.24) is 5.32 Å². The van der Waals surface area contributed by atoms with E-state index in [4.69, 9.17) is 4.42 Å². The molecule has 0 spiro atoms. The molecule has 5 nitrogen and oxygen atoms in total. The predicted molar refractivity (Wildman–Crippen MR) is 80.8 cm³/mol. The molecule has 2 aromatic rings. The van der Waals surface area contributed by atoms with Crippen molar-refractivity contribution in [3.8, 4) is 0 Å². The van der Waals surface area contributed by atoms with E-state index in [9.17, 15) is 17.6 Å². The van der Waals surface area contributed by atoms with Crippen LogP contribution in [0.3, 0.4) is 0 Å². The molecule has 1 amide bonds. The minimum atomic E-state index is -3.82. The van der Waals surface area contributed by atoms with Gasteiger partial charge in [0.1, 0.15) is 16.8 Å². The van der Waals surface area contributed by atoms with Gasteiger partial charge in [-0.2, -0.15) is 0 Å². The molecule has 1 aromatic heterocycles. The van der Waals surface area contributed by atoms with E-state index in [1.807, 2.05) is 0 Å². The Morgan fingerprint density at radius 3 is 2.52 bits per heavy atom. The number of sulfone groups is 1. The number of hydrogen-bond acceptors (Lipinski definition) is 4. The highest BCUT2D eigenvalue weighted by atomic mass is 32.2. The number of rotatable bonds is 6. The smallest absolute Gasteiger partial charge is 0.223 e. The van der Waals surface area contributed by atoms with Gasteiger partial charge < -0.3 is 9.73 Å². The van der Waals surface area contributed by atoms with Crippen molar-refractivity contribution >= 4 is 15.7 Å². The Kier molecular flexibility index (Phi) is 4.21. The first-order valence-electron chi connectivity index (χ1n) is 7.29. The predicted octanol–water partition coefficient (Wildman–Crippen LogP) is 2.46. The second kappa shape index (κ2) is 6.16. The van der Waals surface area contributed by atoms with Gasteiger partial charge in [0.15, 0.2) is 9.84 Å². The Labute approximate surface area is 133 Å². The highest BCUT2D eigenvalue weighted by Gasteiger charge is 2.34. The van der Waals surface area contributed by atoms with Crippen LogP contribution < -0.4 is 5.32 Å².